The van der Waals surface area contributed by atoms with Crippen LogP contribution >= 0.6 is 0 Å². The van der Waals surface area contributed by atoms with Crippen LogP contribution in [-0.2, 0) is 9.59 Å². The van der Waals surface area contributed by atoms with Gasteiger partial charge in [0.2, 0.25) is 11.8 Å². The molecule has 41 heavy (non-hydrogen) atoms. The van der Waals surface area contributed by atoms with Crippen molar-refractivity contribution in [3.8, 4) is 23.0 Å². The van der Waals surface area contributed by atoms with E-state index in [0.29, 0.717) is 53.6 Å². The Morgan fingerprint density at radius 1 is 0.976 bits per heavy atom. The first-order chi connectivity index (χ1) is 19.8. The Morgan fingerprint density at radius 2 is 1.63 bits per heavy atom. The number of aromatic nitrogens is 1. The number of rotatable bonds is 10. The maximum Gasteiger partial charge on any atom is 0.240 e. The second kappa shape index (κ2) is 11.4. The van der Waals surface area contributed by atoms with Gasteiger partial charge in [0.15, 0.2) is 11.5 Å². The standard InChI is InChI=1S/C32H32FN3O5/c1-5-36(31(38)32(15-16-32)30(37)35-23-10-8-22(33)9-11-23)20(2)21-6-12-24(13-7-21)41-27-14-17-34-26-19-29(40-4)28(39-3)18-25(26)27/h6-14,17-20H,5,15-16H2,1-4H3,(H,35,37). The van der Waals surface area contributed by atoms with Gasteiger partial charge >= 0.3 is 0 Å². The van der Waals surface area contributed by atoms with E-state index in [9.17, 15) is 14.0 Å². The maximum atomic E-state index is 13.6. The van der Waals surface area contributed by atoms with Crippen LogP contribution in [0.5, 0.6) is 23.0 Å². The molecule has 1 aliphatic rings. The van der Waals surface area contributed by atoms with Crippen LogP contribution in [0.3, 0.4) is 0 Å². The predicted molar refractivity (Wildman–Crippen MR) is 154 cm³/mol. The summed E-state index contributed by atoms with van der Waals surface area (Å²) >= 11 is 0. The molecular weight excluding hydrogens is 525 g/mol. The molecule has 0 aliphatic heterocycles. The molecule has 1 N–H and O–H groups in total. The minimum atomic E-state index is -1.10. The van der Waals surface area contributed by atoms with Crippen LogP contribution in [0.2, 0.25) is 0 Å². The number of ether oxygens (including phenoxy) is 3. The van der Waals surface area contributed by atoms with E-state index < -0.39 is 11.2 Å². The average Bonchev–Trinajstić information content (AvgIpc) is 3.81. The van der Waals surface area contributed by atoms with E-state index in [1.807, 2.05) is 44.2 Å². The molecule has 0 saturated heterocycles. The molecule has 1 heterocycles. The van der Waals surface area contributed by atoms with Crippen molar-refractivity contribution in [2.24, 2.45) is 5.41 Å². The van der Waals surface area contributed by atoms with Crippen LogP contribution in [0.25, 0.3) is 10.9 Å². The maximum absolute atomic E-state index is 13.6. The van der Waals surface area contributed by atoms with Gasteiger partial charge in [0.1, 0.15) is 22.7 Å². The van der Waals surface area contributed by atoms with Gasteiger partial charge in [0.05, 0.1) is 25.8 Å². The summed E-state index contributed by atoms with van der Waals surface area (Å²) in [6.45, 7) is 4.29. The summed E-state index contributed by atoms with van der Waals surface area (Å²) in [6, 6.07) is 18.2. The van der Waals surface area contributed by atoms with Gasteiger partial charge in [-0.15, -0.1) is 0 Å². The van der Waals surface area contributed by atoms with Crippen molar-refractivity contribution in [1.29, 1.82) is 0 Å². The minimum Gasteiger partial charge on any atom is -0.493 e. The van der Waals surface area contributed by atoms with Crippen molar-refractivity contribution in [3.05, 3.63) is 84.3 Å². The average molecular weight is 558 g/mol. The molecule has 1 aromatic heterocycles. The number of hydrogen-bond donors (Lipinski definition) is 1. The monoisotopic (exact) mass is 557 g/mol. The van der Waals surface area contributed by atoms with E-state index in [1.54, 1.807) is 37.4 Å². The number of nitrogens with one attached hydrogen (secondary N) is 1. The number of pyridine rings is 1. The van der Waals surface area contributed by atoms with Crippen LogP contribution in [0, 0.1) is 11.2 Å². The Labute approximate surface area is 238 Å². The lowest BCUT2D eigenvalue weighted by Crippen LogP contribution is -2.44. The van der Waals surface area contributed by atoms with Crippen molar-refractivity contribution >= 4 is 28.4 Å². The summed E-state index contributed by atoms with van der Waals surface area (Å²) in [5.41, 5.74) is 0.975. The van der Waals surface area contributed by atoms with Gasteiger partial charge in [-0.2, -0.15) is 0 Å². The van der Waals surface area contributed by atoms with Gasteiger partial charge in [0, 0.05) is 29.9 Å². The third-order valence-electron chi connectivity index (χ3n) is 7.56. The van der Waals surface area contributed by atoms with Gasteiger partial charge in [0.25, 0.3) is 0 Å². The molecule has 0 bridgehead atoms. The number of amides is 2. The molecule has 8 nitrogen and oxygen atoms in total. The number of carbonyl (C=O) groups excluding carboxylic acids is 2. The lowest BCUT2D eigenvalue weighted by molar-refractivity contribution is -0.143. The fraction of sp³-hybridized carbons (Fsp3) is 0.281. The van der Waals surface area contributed by atoms with E-state index in [-0.39, 0.29) is 17.9 Å². The number of benzene rings is 3. The van der Waals surface area contributed by atoms with Crippen LogP contribution < -0.4 is 19.5 Å². The van der Waals surface area contributed by atoms with E-state index in [4.69, 9.17) is 14.2 Å². The molecule has 9 heteroatoms. The SMILES string of the molecule is CCN(C(=O)C1(C(=O)Nc2ccc(F)cc2)CC1)C(C)c1ccc(Oc2ccnc3cc(OC)c(OC)cc23)cc1. The summed E-state index contributed by atoms with van der Waals surface area (Å²) < 4.78 is 30.3. The fourth-order valence-corrected chi connectivity index (χ4v) is 4.97. The summed E-state index contributed by atoms with van der Waals surface area (Å²) in [7, 11) is 3.15. The Kier molecular flexibility index (Phi) is 7.79. The lowest BCUT2D eigenvalue weighted by Gasteiger charge is -2.31. The summed E-state index contributed by atoms with van der Waals surface area (Å²) in [4.78, 5) is 32.9. The van der Waals surface area contributed by atoms with Gasteiger partial charge in [-0.1, -0.05) is 12.1 Å². The van der Waals surface area contributed by atoms with E-state index in [0.717, 1.165) is 10.9 Å². The Balaban J connectivity index is 1.31. The molecule has 212 valence electrons. The highest BCUT2D eigenvalue weighted by Gasteiger charge is 2.58. The van der Waals surface area contributed by atoms with Crippen LogP contribution in [0.15, 0.2) is 72.9 Å². The van der Waals surface area contributed by atoms with Crippen LogP contribution in [0.1, 0.15) is 38.3 Å². The summed E-state index contributed by atoms with van der Waals surface area (Å²) in [5, 5.41) is 3.56. The molecule has 2 amide bonds. The molecule has 1 saturated carbocycles. The van der Waals surface area contributed by atoms with E-state index in [1.165, 1.54) is 24.3 Å². The first kappa shape index (κ1) is 27.9. The zero-order valence-corrected chi connectivity index (χ0v) is 23.4. The third kappa shape index (κ3) is 5.52. The van der Waals surface area contributed by atoms with Gasteiger partial charge in [-0.3, -0.25) is 14.6 Å². The van der Waals surface area contributed by atoms with Crippen molar-refractivity contribution < 1.29 is 28.2 Å². The second-order valence-electron chi connectivity index (χ2n) is 10.0. The van der Waals surface area contributed by atoms with Gasteiger partial charge in [-0.05, 0) is 80.8 Å². The zero-order chi connectivity index (χ0) is 29.1. The normalized spacial score (nSPS) is 14.2. The molecule has 1 atom stereocenters. The summed E-state index contributed by atoms with van der Waals surface area (Å²) in [5.74, 6) is 1.44. The van der Waals surface area contributed by atoms with Crippen molar-refractivity contribution in [2.45, 2.75) is 32.7 Å². The number of halogens is 1. The number of fused-ring (bicyclic) bond motifs is 1. The lowest BCUT2D eigenvalue weighted by atomic mass is 10.00. The molecule has 4 aromatic rings. The molecular formula is C32H32FN3O5. The smallest absolute Gasteiger partial charge is 0.240 e. The molecule has 0 radical (unpaired) electrons. The predicted octanol–water partition coefficient (Wildman–Crippen LogP) is 6.51. The molecule has 5 rings (SSSR count). The van der Waals surface area contributed by atoms with Crippen LogP contribution in [-0.4, -0.2) is 42.5 Å². The molecule has 3 aromatic carbocycles. The first-order valence-corrected chi connectivity index (χ1v) is 13.5. The first-order valence-electron chi connectivity index (χ1n) is 13.5. The van der Waals surface area contributed by atoms with Crippen molar-refractivity contribution in [2.75, 3.05) is 26.1 Å². The zero-order valence-electron chi connectivity index (χ0n) is 23.4. The topological polar surface area (TPSA) is 90.0 Å². The highest BCUT2D eigenvalue weighted by Crippen LogP contribution is 2.49. The highest BCUT2D eigenvalue weighted by atomic mass is 19.1. The van der Waals surface area contributed by atoms with Crippen LogP contribution in [0.4, 0.5) is 10.1 Å². The number of carbonyl (C=O) groups is 2. The molecule has 0 spiro atoms. The Bertz CT molecular complexity index is 1570. The molecule has 1 aliphatic carbocycles. The third-order valence-corrected chi connectivity index (χ3v) is 7.56. The van der Waals surface area contributed by atoms with Gasteiger partial charge in [-0.25, -0.2) is 4.39 Å². The highest BCUT2D eigenvalue weighted by molar-refractivity contribution is 6.13. The number of anilines is 1. The van der Waals surface area contributed by atoms with E-state index >= 15 is 0 Å². The van der Waals surface area contributed by atoms with Gasteiger partial charge < -0.3 is 24.4 Å². The van der Waals surface area contributed by atoms with E-state index in [2.05, 4.69) is 10.3 Å². The molecule has 1 fully saturated rings. The number of hydrogen-bond acceptors (Lipinski definition) is 6. The summed E-state index contributed by atoms with van der Waals surface area (Å²) in [6.07, 6.45) is 2.63. The fourth-order valence-electron chi connectivity index (χ4n) is 4.97. The largest absolute Gasteiger partial charge is 0.493 e. The number of methoxy groups -OCH3 is 2. The Hall–Kier alpha value is -4.66. The van der Waals surface area contributed by atoms with Crippen molar-refractivity contribution in [3.63, 3.8) is 0 Å². The second-order valence-corrected chi connectivity index (χ2v) is 10.0. The van der Waals surface area contributed by atoms with Crippen molar-refractivity contribution in [1.82, 2.24) is 9.88 Å². The Morgan fingerprint density at radius 3 is 2.24 bits per heavy atom. The quantitative estimate of drug-likeness (QED) is 0.224. The minimum absolute atomic E-state index is 0.208. The molecule has 1 unspecified atom stereocenters. The number of nitrogens with zero attached hydrogens (tertiary/aromatic N) is 2.